The van der Waals surface area contributed by atoms with Gasteiger partial charge in [0.1, 0.15) is 0 Å². The lowest BCUT2D eigenvalue weighted by Gasteiger charge is -2.27. The van der Waals surface area contributed by atoms with Crippen LogP contribution in [0, 0.1) is 0 Å². The number of nitrogens with one attached hydrogen (secondary N) is 2. The lowest BCUT2D eigenvalue weighted by Crippen LogP contribution is -2.41. The van der Waals surface area contributed by atoms with Crippen molar-refractivity contribution in [2.45, 2.75) is 62.8 Å². The summed E-state index contributed by atoms with van der Waals surface area (Å²) in [6.45, 7) is 4.80. The van der Waals surface area contributed by atoms with E-state index >= 15 is 0 Å². The van der Waals surface area contributed by atoms with Crippen LogP contribution in [-0.2, 0) is 0 Å². The fourth-order valence-electron chi connectivity index (χ4n) is 2.77. The van der Waals surface area contributed by atoms with Crippen LogP contribution in [0.5, 0.6) is 0 Å². The van der Waals surface area contributed by atoms with Gasteiger partial charge in [0.05, 0.1) is 0 Å². The fraction of sp³-hybridized carbons (Fsp3) is 1.00. The third-order valence-electron chi connectivity index (χ3n) is 3.77. The predicted octanol–water partition coefficient (Wildman–Crippen LogP) is 2.39. The molecule has 3 unspecified atom stereocenters. The molecule has 0 aromatic heterocycles. The Morgan fingerprint density at radius 3 is 2.94 bits per heavy atom. The van der Waals surface area contributed by atoms with Gasteiger partial charge in [-0.1, -0.05) is 6.42 Å². The zero-order valence-electron chi connectivity index (χ0n) is 10.5. The first kappa shape index (κ1) is 12.7. The van der Waals surface area contributed by atoms with Crippen LogP contribution in [0.15, 0.2) is 0 Å². The molecule has 0 radical (unpaired) electrons. The zero-order valence-corrected chi connectivity index (χ0v) is 11.3. The summed E-state index contributed by atoms with van der Waals surface area (Å²) < 4.78 is 0. The average Bonchev–Trinajstić information content (AvgIpc) is 2.81. The SMILES string of the molecule is CC(CC1CCCCN1)NCC1CCCS1. The van der Waals surface area contributed by atoms with E-state index in [2.05, 4.69) is 29.3 Å². The summed E-state index contributed by atoms with van der Waals surface area (Å²) in [6.07, 6.45) is 8.32. The second-order valence-electron chi connectivity index (χ2n) is 5.33. The minimum absolute atomic E-state index is 0.678. The fourth-order valence-corrected chi connectivity index (χ4v) is 3.99. The van der Waals surface area contributed by atoms with Gasteiger partial charge < -0.3 is 10.6 Å². The molecule has 94 valence electrons. The molecule has 3 heteroatoms. The summed E-state index contributed by atoms with van der Waals surface area (Å²) in [6, 6.07) is 1.45. The molecule has 2 rings (SSSR count). The third kappa shape index (κ3) is 4.27. The first-order chi connectivity index (χ1) is 7.84. The summed E-state index contributed by atoms with van der Waals surface area (Å²) in [5, 5.41) is 8.23. The lowest BCUT2D eigenvalue weighted by molar-refractivity contribution is 0.345. The first-order valence-electron chi connectivity index (χ1n) is 6.93. The maximum atomic E-state index is 3.71. The molecule has 2 aliphatic heterocycles. The second-order valence-corrected chi connectivity index (χ2v) is 6.74. The van der Waals surface area contributed by atoms with Gasteiger partial charge in [0, 0.05) is 23.9 Å². The van der Waals surface area contributed by atoms with Crippen molar-refractivity contribution in [2.75, 3.05) is 18.8 Å². The van der Waals surface area contributed by atoms with E-state index in [1.54, 1.807) is 0 Å². The maximum absolute atomic E-state index is 3.71. The molecule has 0 aliphatic carbocycles. The smallest absolute Gasteiger partial charge is 0.0172 e. The van der Waals surface area contributed by atoms with Gasteiger partial charge in [0.15, 0.2) is 0 Å². The minimum atomic E-state index is 0.678. The summed E-state index contributed by atoms with van der Waals surface area (Å²) in [7, 11) is 0. The monoisotopic (exact) mass is 242 g/mol. The molecule has 2 heterocycles. The average molecular weight is 242 g/mol. The van der Waals surface area contributed by atoms with Crippen LogP contribution in [0.1, 0.15) is 45.4 Å². The van der Waals surface area contributed by atoms with E-state index in [1.807, 2.05) is 0 Å². The molecular formula is C13H26N2S. The van der Waals surface area contributed by atoms with Crippen molar-refractivity contribution in [1.82, 2.24) is 10.6 Å². The summed E-state index contributed by atoms with van der Waals surface area (Å²) in [4.78, 5) is 0. The van der Waals surface area contributed by atoms with Crippen molar-refractivity contribution in [3.8, 4) is 0 Å². The van der Waals surface area contributed by atoms with Crippen LogP contribution in [0.2, 0.25) is 0 Å². The standard InChI is InChI=1S/C13H26N2S/c1-11(9-12-5-2-3-7-14-12)15-10-13-6-4-8-16-13/h11-15H,2-10H2,1H3. The Balaban J connectivity index is 1.57. The van der Waals surface area contributed by atoms with Crippen molar-refractivity contribution in [1.29, 1.82) is 0 Å². The van der Waals surface area contributed by atoms with Gasteiger partial charge in [0.2, 0.25) is 0 Å². The zero-order chi connectivity index (χ0) is 11.2. The van der Waals surface area contributed by atoms with Crippen LogP contribution in [0.3, 0.4) is 0 Å². The van der Waals surface area contributed by atoms with E-state index in [0.29, 0.717) is 6.04 Å². The molecule has 16 heavy (non-hydrogen) atoms. The molecule has 0 spiro atoms. The van der Waals surface area contributed by atoms with Gasteiger partial charge in [0.25, 0.3) is 0 Å². The Hall–Kier alpha value is 0.270. The molecule has 0 bridgehead atoms. The van der Waals surface area contributed by atoms with Crippen molar-refractivity contribution in [2.24, 2.45) is 0 Å². The highest BCUT2D eigenvalue weighted by molar-refractivity contribution is 8.00. The highest BCUT2D eigenvalue weighted by Gasteiger charge is 2.18. The number of thioether (sulfide) groups is 1. The Morgan fingerprint density at radius 1 is 1.31 bits per heavy atom. The van der Waals surface area contributed by atoms with Crippen LogP contribution in [0.25, 0.3) is 0 Å². The molecular weight excluding hydrogens is 216 g/mol. The molecule has 0 aromatic rings. The highest BCUT2D eigenvalue weighted by atomic mass is 32.2. The van der Waals surface area contributed by atoms with E-state index in [-0.39, 0.29) is 0 Å². The van der Waals surface area contributed by atoms with E-state index in [0.717, 1.165) is 11.3 Å². The molecule has 2 fully saturated rings. The number of piperidine rings is 1. The summed E-state index contributed by atoms with van der Waals surface area (Å²) in [5.41, 5.74) is 0. The number of rotatable bonds is 5. The Morgan fingerprint density at radius 2 is 2.25 bits per heavy atom. The van der Waals surface area contributed by atoms with Gasteiger partial charge >= 0.3 is 0 Å². The van der Waals surface area contributed by atoms with Crippen LogP contribution < -0.4 is 10.6 Å². The largest absolute Gasteiger partial charge is 0.314 e. The van der Waals surface area contributed by atoms with Gasteiger partial charge in [-0.05, 0) is 51.3 Å². The molecule has 2 nitrogen and oxygen atoms in total. The quantitative estimate of drug-likeness (QED) is 0.774. The Bertz CT molecular complexity index is 186. The topological polar surface area (TPSA) is 24.1 Å². The minimum Gasteiger partial charge on any atom is -0.314 e. The Kier molecular flexibility index (Phi) is 5.46. The predicted molar refractivity (Wildman–Crippen MR) is 73.2 cm³/mol. The molecule has 2 saturated heterocycles. The van der Waals surface area contributed by atoms with Crippen molar-refractivity contribution in [3.63, 3.8) is 0 Å². The number of hydrogen-bond acceptors (Lipinski definition) is 3. The van der Waals surface area contributed by atoms with Gasteiger partial charge in [-0.2, -0.15) is 11.8 Å². The van der Waals surface area contributed by atoms with Crippen LogP contribution in [-0.4, -0.2) is 36.2 Å². The van der Waals surface area contributed by atoms with Gasteiger partial charge in [-0.15, -0.1) is 0 Å². The van der Waals surface area contributed by atoms with Crippen LogP contribution >= 0.6 is 11.8 Å². The lowest BCUT2D eigenvalue weighted by atomic mass is 9.99. The maximum Gasteiger partial charge on any atom is 0.0172 e. The molecule has 0 saturated carbocycles. The Labute approximate surface area is 104 Å². The summed E-state index contributed by atoms with van der Waals surface area (Å²) in [5.74, 6) is 1.38. The molecule has 2 N–H and O–H groups in total. The van der Waals surface area contributed by atoms with E-state index in [9.17, 15) is 0 Å². The molecule has 3 atom stereocenters. The van der Waals surface area contributed by atoms with Gasteiger partial charge in [-0.25, -0.2) is 0 Å². The second kappa shape index (κ2) is 6.87. The molecule has 0 aromatic carbocycles. The van der Waals surface area contributed by atoms with E-state index in [1.165, 1.54) is 57.4 Å². The highest BCUT2D eigenvalue weighted by Crippen LogP contribution is 2.25. The number of hydrogen-bond donors (Lipinski definition) is 2. The molecule has 2 aliphatic rings. The van der Waals surface area contributed by atoms with E-state index < -0.39 is 0 Å². The third-order valence-corrected chi connectivity index (χ3v) is 5.17. The summed E-state index contributed by atoms with van der Waals surface area (Å²) >= 11 is 2.15. The normalized spacial score (nSPS) is 32.8. The van der Waals surface area contributed by atoms with E-state index in [4.69, 9.17) is 0 Å². The van der Waals surface area contributed by atoms with Crippen molar-refractivity contribution in [3.05, 3.63) is 0 Å². The van der Waals surface area contributed by atoms with Crippen LogP contribution in [0.4, 0.5) is 0 Å². The van der Waals surface area contributed by atoms with Crippen molar-refractivity contribution >= 4 is 11.8 Å². The first-order valence-corrected chi connectivity index (χ1v) is 7.98. The molecule has 0 amide bonds. The van der Waals surface area contributed by atoms with Gasteiger partial charge in [-0.3, -0.25) is 0 Å². The van der Waals surface area contributed by atoms with Crippen molar-refractivity contribution < 1.29 is 0 Å².